The van der Waals surface area contributed by atoms with Gasteiger partial charge in [0, 0.05) is 36.5 Å². The number of hydrogen-bond donors (Lipinski definition) is 2. The van der Waals surface area contributed by atoms with Crippen LogP contribution in [0.4, 0.5) is 0 Å². The van der Waals surface area contributed by atoms with Crippen molar-refractivity contribution in [1.29, 1.82) is 0 Å². The van der Waals surface area contributed by atoms with Crippen molar-refractivity contribution >= 4 is 11.8 Å². The Labute approximate surface area is 171 Å². The lowest BCUT2D eigenvalue weighted by Crippen LogP contribution is -2.59. The molecule has 5 rings (SSSR count). The van der Waals surface area contributed by atoms with Gasteiger partial charge in [-0.05, 0) is 76.8 Å². The molecule has 0 radical (unpaired) electrons. The molecule has 0 spiro atoms. The van der Waals surface area contributed by atoms with Gasteiger partial charge in [-0.3, -0.25) is 9.59 Å². The third-order valence-electron chi connectivity index (χ3n) is 7.26. The van der Waals surface area contributed by atoms with E-state index in [1.807, 2.05) is 0 Å². The average Bonchev–Trinajstić information content (AvgIpc) is 3.44. The lowest BCUT2D eigenvalue weighted by atomic mass is 9.80. The van der Waals surface area contributed by atoms with Gasteiger partial charge in [-0.1, -0.05) is 5.16 Å². The molecule has 3 saturated heterocycles. The van der Waals surface area contributed by atoms with Gasteiger partial charge in [0.25, 0.3) is 5.91 Å². The number of hydrogen-bond acceptors (Lipinski definition) is 5. The minimum atomic E-state index is -0.141. The molecule has 2 bridgehead atoms. The maximum absolute atomic E-state index is 13.1. The van der Waals surface area contributed by atoms with E-state index in [9.17, 15) is 9.59 Å². The van der Waals surface area contributed by atoms with E-state index in [0.29, 0.717) is 29.9 Å². The fourth-order valence-corrected chi connectivity index (χ4v) is 5.56. The molecule has 4 aliphatic rings. The molecular formula is C22H32N4O3. The fourth-order valence-electron chi connectivity index (χ4n) is 5.56. The van der Waals surface area contributed by atoms with Crippen molar-refractivity contribution < 1.29 is 14.1 Å². The largest absolute Gasteiger partial charge is 0.360 e. The lowest BCUT2D eigenvalue weighted by molar-refractivity contribution is -0.142. The van der Waals surface area contributed by atoms with E-state index >= 15 is 0 Å². The molecule has 4 fully saturated rings. The first-order valence-electron chi connectivity index (χ1n) is 11.5. The second-order valence-electron chi connectivity index (χ2n) is 9.47. The molecule has 158 valence electrons. The number of nitrogens with one attached hydrogen (secondary N) is 2. The predicted molar refractivity (Wildman–Crippen MR) is 107 cm³/mol. The Morgan fingerprint density at radius 1 is 1.10 bits per heavy atom. The third-order valence-corrected chi connectivity index (χ3v) is 7.26. The first kappa shape index (κ1) is 19.1. The highest BCUT2D eigenvalue weighted by molar-refractivity contribution is 5.92. The van der Waals surface area contributed by atoms with Crippen molar-refractivity contribution in [2.24, 2.45) is 5.92 Å². The van der Waals surface area contributed by atoms with Crippen LogP contribution in [-0.4, -0.2) is 53.1 Å². The second kappa shape index (κ2) is 8.09. The number of carbonyl (C=O) groups excluding carboxylic acids is 2. The van der Waals surface area contributed by atoms with Gasteiger partial charge in [0.1, 0.15) is 5.76 Å². The van der Waals surface area contributed by atoms with Crippen LogP contribution in [0.15, 0.2) is 10.6 Å². The van der Waals surface area contributed by atoms with Gasteiger partial charge in [-0.15, -0.1) is 0 Å². The summed E-state index contributed by atoms with van der Waals surface area (Å²) in [4.78, 5) is 27.9. The highest BCUT2D eigenvalue weighted by Crippen LogP contribution is 2.40. The molecule has 1 aromatic heterocycles. The zero-order valence-electron chi connectivity index (χ0n) is 17.1. The Hall–Kier alpha value is -1.89. The van der Waals surface area contributed by atoms with E-state index in [4.69, 9.17) is 4.52 Å². The molecule has 29 heavy (non-hydrogen) atoms. The van der Waals surface area contributed by atoms with Gasteiger partial charge < -0.3 is 20.1 Å². The molecule has 4 heterocycles. The summed E-state index contributed by atoms with van der Waals surface area (Å²) < 4.78 is 5.33. The van der Waals surface area contributed by atoms with Crippen LogP contribution in [-0.2, 0) is 4.79 Å². The summed E-state index contributed by atoms with van der Waals surface area (Å²) in [5.41, 5.74) is 0.390. The number of carbonyl (C=O) groups is 2. The minimum absolute atomic E-state index is 0.113. The zero-order chi connectivity index (χ0) is 19.8. The smallest absolute Gasteiger partial charge is 0.273 e. The summed E-state index contributed by atoms with van der Waals surface area (Å²) in [6.07, 6.45) is 10.2. The predicted octanol–water partition coefficient (Wildman–Crippen LogP) is 2.58. The molecule has 2 N–H and O–H groups in total. The third kappa shape index (κ3) is 4.20. The van der Waals surface area contributed by atoms with Crippen molar-refractivity contribution in [1.82, 2.24) is 20.7 Å². The van der Waals surface area contributed by atoms with E-state index in [-0.39, 0.29) is 24.0 Å². The summed E-state index contributed by atoms with van der Waals surface area (Å²) >= 11 is 0. The van der Waals surface area contributed by atoms with E-state index in [1.165, 1.54) is 6.42 Å². The fraction of sp³-hybridized carbons (Fsp3) is 0.773. The highest BCUT2D eigenvalue weighted by atomic mass is 16.5. The number of fused-ring (bicyclic) bond motifs is 2. The van der Waals surface area contributed by atoms with Gasteiger partial charge in [0.2, 0.25) is 5.91 Å². The van der Waals surface area contributed by atoms with E-state index < -0.39 is 0 Å². The summed E-state index contributed by atoms with van der Waals surface area (Å²) in [7, 11) is 0. The van der Waals surface area contributed by atoms with E-state index in [1.54, 1.807) is 6.07 Å². The monoisotopic (exact) mass is 400 g/mol. The average molecular weight is 401 g/mol. The van der Waals surface area contributed by atoms with E-state index in [0.717, 1.165) is 70.2 Å². The SMILES string of the molecule is O=C(NC1CC2CCCC(C1)N2C(=O)CC1CCNCC1)c1cc(C2CC2)on1. The van der Waals surface area contributed by atoms with Crippen LogP contribution >= 0.6 is 0 Å². The minimum Gasteiger partial charge on any atom is -0.360 e. The lowest BCUT2D eigenvalue weighted by Gasteiger charge is -2.49. The number of piperidine rings is 3. The Balaban J connectivity index is 1.19. The van der Waals surface area contributed by atoms with Crippen LogP contribution < -0.4 is 10.6 Å². The number of aromatic nitrogens is 1. The van der Waals surface area contributed by atoms with Gasteiger partial charge in [-0.25, -0.2) is 0 Å². The van der Waals surface area contributed by atoms with Crippen LogP contribution in [0.1, 0.15) is 86.4 Å². The topological polar surface area (TPSA) is 87.5 Å². The maximum atomic E-state index is 13.1. The van der Waals surface area contributed by atoms with Crippen molar-refractivity contribution in [2.45, 2.75) is 88.3 Å². The van der Waals surface area contributed by atoms with Crippen LogP contribution in [0.25, 0.3) is 0 Å². The van der Waals surface area contributed by atoms with Gasteiger partial charge in [-0.2, -0.15) is 0 Å². The van der Waals surface area contributed by atoms with Crippen LogP contribution in [0.5, 0.6) is 0 Å². The summed E-state index contributed by atoms with van der Waals surface area (Å²) in [6.45, 7) is 2.06. The molecule has 7 heteroatoms. The number of amides is 2. The van der Waals surface area contributed by atoms with Crippen LogP contribution in [0, 0.1) is 5.92 Å². The Kier molecular flexibility index (Phi) is 5.33. The second-order valence-corrected chi connectivity index (χ2v) is 9.47. The van der Waals surface area contributed by atoms with Crippen molar-refractivity contribution in [3.05, 3.63) is 17.5 Å². The van der Waals surface area contributed by atoms with Gasteiger partial charge in [0.05, 0.1) is 0 Å². The zero-order valence-corrected chi connectivity index (χ0v) is 17.1. The molecule has 2 amide bonds. The van der Waals surface area contributed by atoms with Crippen molar-refractivity contribution in [2.75, 3.05) is 13.1 Å². The number of rotatable bonds is 5. The maximum Gasteiger partial charge on any atom is 0.273 e. The molecule has 1 saturated carbocycles. The van der Waals surface area contributed by atoms with Crippen LogP contribution in [0.3, 0.4) is 0 Å². The molecule has 7 nitrogen and oxygen atoms in total. The molecule has 0 aromatic carbocycles. The first-order chi connectivity index (χ1) is 14.2. The van der Waals surface area contributed by atoms with Gasteiger partial charge in [0.15, 0.2) is 5.69 Å². The first-order valence-corrected chi connectivity index (χ1v) is 11.5. The molecule has 3 aliphatic heterocycles. The normalized spacial score (nSPS) is 30.2. The molecule has 2 unspecified atom stereocenters. The molecule has 2 atom stereocenters. The summed E-state index contributed by atoms with van der Waals surface area (Å²) in [6, 6.07) is 2.44. The standard InChI is InChI=1S/C22H32N4O3/c27-21(10-14-6-8-23-9-7-14)26-17-2-1-3-18(26)12-16(11-17)24-22(28)19-13-20(29-25-19)15-4-5-15/h13-18,23H,1-12H2,(H,24,28). The summed E-state index contributed by atoms with van der Waals surface area (Å²) in [5.74, 6) is 2.01. The quantitative estimate of drug-likeness (QED) is 0.793. The summed E-state index contributed by atoms with van der Waals surface area (Å²) in [5, 5.41) is 10.5. The Morgan fingerprint density at radius 3 is 2.52 bits per heavy atom. The van der Waals surface area contributed by atoms with Crippen molar-refractivity contribution in [3.63, 3.8) is 0 Å². The van der Waals surface area contributed by atoms with Gasteiger partial charge >= 0.3 is 0 Å². The van der Waals surface area contributed by atoms with Crippen LogP contribution in [0.2, 0.25) is 0 Å². The van der Waals surface area contributed by atoms with E-state index in [2.05, 4.69) is 20.7 Å². The molecule has 1 aliphatic carbocycles. The number of nitrogens with zero attached hydrogens (tertiary/aromatic N) is 2. The Morgan fingerprint density at radius 2 is 1.83 bits per heavy atom. The molecular weight excluding hydrogens is 368 g/mol. The highest BCUT2D eigenvalue weighted by Gasteiger charge is 2.41. The Bertz CT molecular complexity index is 739. The van der Waals surface area contributed by atoms with Crippen molar-refractivity contribution in [3.8, 4) is 0 Å². The molecule has 1 aromatic rings.